The number of nitrogens with zero attached hydrogens (tertiary/aromatic N) is 5. The van der Waals surface area contributed by atoms with Gasteiger partial charge >= 0.3 is 0 Å². The van der Waals surface area contributed by atoms with Gasteiger partial charge in [0.2, 0.25) is 5.13 Å². The zero-order chi connectivity index (χ0) is 20.5. The summed E-state index contributed by atoms with van der Waals surface area (Å²) in [6.45, 7) is 12.3. The summed E-state index contributed by atoms with van der Waals surface area (Å²) in [6.07, 6.45) is 1.76. The Kier molecular flexibility index (Phi) is 10.6. The van der Waals surface area contributed by atoms with E-state index in [2.05, 4.69) is 50.5 Å². The number of nitrogens with one attached hydrogen (secondary N) is 1. The van der Waals surface area contributed by atoms with Gasteiger partial charge in [0.1, 0.15) is 11.6 Å². The smallest absolute Gasteiger partial charge is 0.205 e. The van der Waals surface area contributed by atoms with E-state index in [4.69, 9.17) is 9.73 Å². The monoisotopic (exact) mass is 544 g/mol. The minimum Gasteiger partial charge on any atom is -0.494 e. The maximum Gasteiger partial charge on any atom is 0.205 e. The molecule has 0 amide bonds. The second-order valence-corrected chi connectivity index (χ2v) is 7.58. The molecule has 1 saturated heterocycles. The van der Waals surface area contributed by atoms with Gasteiger partial charge in [0.25, 0.3) is 0 Å². The zero-order valence-corrected chi connectivity index (χ0v) is 21.3. The minimum atomic E-state index is 0. The molecular weight excluding hydrogens is 511 g/mol. The Morgan fingerprint density at radius 1 is 1.17 bits per heavy atom. The first-order chi connectivity index (χ1) is 14.2. The van der Waals surface area contributed by atoms with Gasteiger partial charge in [-0.05, 0) is 31.9 Å². The van der Waals surface area contributed by atoms with Crippen LogP contribution in [-0.2, 0) is 12.8 Å². The van der Waals surface area contributed by atoms with Crippen LogP contribution in [0.3, 0.4) is 0 Å². The number of hydrogen-bond acceptors (Lipinski definition) is 6. The second-order valence-electron chi connectivity index (χ2n) is 6.85. The number of rotatable bonds is 8. The Balaban J connectivity index is 0.00000320. The van der Waals surface area contributed by atoms with Crippen molar-refractivity contribution in [3.05, 3.63) is 35.7 Å². The van der Waals surface area contributed by atoms with Gasteiger partial charge in [0.15, 0.2) is 5.96 Å². The van der Waals surface area contributed by atoms with Gasteiger partial charge in [-0.15, -0.1) is 24.0 Å². The Labute approximate surface area is 201 Å². The lowest BCUT2D eigenvalue weighted by atomic mass is 10.1. The van der Waals surface area contributed by atoms with Gasteiger partial charge in [0.05, 0.1) is 6.61 Å². The maximum absolute atomic E-state index is 5.73. The van der Waals surface area contributed by atoms with Crippen molar-refractivity contribution in [3.63, 3.8) is 0 Å². The number of ether oxygens (including phenoxy) is 1. The van der Waals surface area contributed by atoms with E-state index >= 15 is 0 Å². The highest BCUT2D eigenvalue weighted by molar-refractivity contribution is 14.0. The number of aryl methyl sites for hydroxylation is 1. The molecule has 0 unspecified atom stereocenters. The van der Waals surface area contributed by atoms with Crippen molar-refractivity contribution in [1.82, 2.24) is 19.6 Å². The van der Waals surface area contributed by atoms with E-state index in [1.54, 1.807) is 0 Å². The van der Waals surface area contributed by atoms with E-state index in [9.17, 15) is 0 Å². The molecule has 0 atom stereocenters. The van der Waals surface area contributed by atoms with Gasteiger partial charge in [-0.2, -0.15) is 4.37 Å². The number of aromatic nitrogens is 2. The van der Waals surface area contributed by atoms with Crippen LogP contribution in [0.1, 0.15) is 32.2 Å². The molecule has 30 heavy (non-hydrogen) atoms. The van der Waals surface area contributed by atoms with Crippen LogP contribution in [-0.4, -0.2) is 66.1 Å². The fourth-order valence-electron chi connectivity index (χ4n) is 3.34. The first kappa shape index (κ1) is 24.6. The van der Waals surface area contributed by atoms with E-state index in [-0.39, 0.29) is 24.0 Å². The van der Waals surface area contributed by atoms with Crippen LogP contribution in [0.25, 0.3) is 0 Å². The van der Waals surface area contributed by atoms with E-state index < -0.39 is 0 Å². The highest BCUT2D eigenvalue weighted by atomic mass is 127. The molecule has 1 N–H and O–H groups in total. The highest BCUT2D eigenvalue weighted by Gasteiger charge is 2.22. The fraction of sp³-hybridized carbons (Fsp3) is 0.571. The lowest BCUT2D eigenvalue weighted by Crippen LogP contribution is -2.52. The molecule has 1 aromatic heterocycles. The van der Waals surface area contributed by atoms with E-state index in [1.807, 2.05) is 19.1 Å². The summed E-state index contributed by atoms with van der Waals surface area (Å²) in [5.41, 5.74) is 1.21. The fourth-order valence-corrected chi connectivity index (χ4v) is 4.14. The van der Waals surface area contributed by atoms with Crippen LogP contribution in [0.5, 0.6) is 5.75 Å². The molecule has 1 aliphatic rings. The Morgan fingerprint density at radius 3 is 2.60 bits per heavy atom. The van der Waals surface area contributed by atoms with Crippen LogP contribution in [0.2, 0.25) is 0 Å². The molecule has 3 rings (SSSR count). The van der Waals surface area contributed by atoms with Crippen molar-refractivity contribution >= 4 is 46.6 Å². The van der Waals surface area contributed by atoms with Crippen LogP contribution < -0.4 is 15.0 Å². The summed E-state index contributed by atoms with van der Waals surface area (Å²) in [6, 6.07) is 8.23. The summed E-state index contributed by atoms with van der Waals surface area (Å²) >= 11 is 1.51. The molecule has 166 valence electrons. The van der Waals surface area contributed by atoms with E-state index in [1.165, 1.54) is 17.1 Å². The zero-order valence-electron chi connectivity index (χ0n) is 18.1. The predicted octanol–water partition coefficient (Wildman–Crippen LogP) is 3.45. The van der Waals surface area contributed by atoms with Crippen LogP contribution >= 0.6 is 35.5 Å². The van der Waals surface area contributed by atoms with Crippen LogP contribution in [0.15, 0.2) is 29.3 Å². The summed E-state index contributed by atoms with van der Waals surface area (Å²) < 4.78 is 10.1. The maximum atomic E-state index is 5.73. The molecule has 1 aromatic carbocycles. The average Bonchev–Trinajstić information content (AvgIpc) is 3.24. The topological polar surface area (TPSA) is 65.9 Å². The summed E-state index contributed by atoms with van der Waals surface area (Å²) in [5, 5.41) is 4.48. The quantitative estimate of drug-likeness (QED) is 0.312. The lowest BCUT2D eigenvalue weighted by Gasteiger charge is -2.36. The number of halogens is 1. The Morgan fingerprint density at radius 2 is 1.93 bits per heavy atom. The molecule has 0 aliphatic carbocycles. The molecular formula is C21H33IN6OS. The summed E-state index contributed by atoms with van der Waals surface area (Å²) in [5.74, 6) is 2.90. The van der Waals surface area contributed by atoms with Gasteiger partial charge in [0, 0.05) is 57.2 Å². The third kappa shape index (κ3) is 6.69. The molecule has 0 bridgehead atoms. The number of aliphatic imine (C=N–C) groups is 1. The van der Waals surface area contributed by atoms with Crippen LogP contribution in [0, 0.1) is 0 Å². The van der Waals surface area contributed by atoms with Crippen molar-refractivity contribution in [1.29, 1.82) is 0 Å². The van der Waals surface area contributed by atoms with Crippen molar-refractivity contribution in [3.8, 4) is 5.75 Å². The number of piperazine rings is 1. The van der Waals surface area contributed by atoms with Crippen molar-refractivity contribution in [2.45, 2.75) is 33.6 Å². The minimum absolute atomic E-state index is 0. The summed E-state index contributed by atoms with van der Waals surface area (Å²) in [4.78, 5) is 14.2. The number of guanidine groups is 1. The standard InChI is InChI=1S/C21H32N6OS.HI/c1-4-19-24-21(29-25-19)27-15-13-26(14-16-27)20(22-5-2)23-12-11-17-9-7-8-10-18(17)28-6-3;/h7-10H,4-6,11-16H2,1-3H3,(H,22,23);1H. The molecule has 0 radical (unpaired) electrons. The largest absolute Gasteiger partial charge is 0.494 e. The Hall–Kier alpha value is -1.62. The molecule has 9 heteroatoms. The lowest BCUT2D eigenvalue weighted by molar-refractivity contribution is 0.336. The number of benzene rings is 1. The third-order valence-electron chi connectivity index (χ3n) is 4.87. The number of anilines is 1. The predicted molar refractivity (Wildman–Crippen MR) is 136 cm³/mol. The van der Waals surface area contributed by atoms with Crippen molar-refractivity contribution in [2.24, 2.45) is 4.99 Å². The number of hydrogen-bond donors (Lipinski definition) is 1. The van der Waals surface area contributed by atoms with Gasteiger partial charge in [-0.1, -0.05) is 25.1 Å². The summed E-state index contributed by atoms with van der Waals surface area (Å²) in [7, 11) is 0. The molecule has 7 nitrogen and oxygen atoms in total. The van der Waals surface area contributed by atoms with E-state index in [0.717, 1.165) is 74.8 Å². The van der Waals surface area contributed by atoms with Gasteiger partial charge in [-0.3, -0.25) is 4.99 Å². The Bertz CT molecular complexity index is 791. The molecule has 2 aromatic rings. The van der Waals surface area contributed by atoms with E-state index in [0.29, 0.717) is 6.61 Å². The van der Waals surface area contributed by atoms with Crippen molar-refractivity contribution in [2.75, 3.05) is 50.8 Å². The number of para-hydroxylation sites is 1. The normalized spacial score (nSPS) is 14.4. The molecule has 1 fully saturated rings. The highest BCUT2D eigenvalue weighted by Crippen LogP contribution is 2.20. The first-order valence-electron chi connectivity index (χ1n) is 10.6. The van der Waals surface area contributed by atoms with Crippen molar-refractivity contribution < 1.29 is 4.74 Å². The third-order valence-corrected chi connectivity index (χ3v) is 5.69. The molecule has 2 heterocycles. The van der Waals surface area contributed by atoms with Gasteiger partial charge in [-0.25, -0.2) is 4.98 Å². The second kappa shape index (κ2) is 12.9. The molecule has 0 saturated carbocycles. The molecule has 0 spiro atoms. The van der Waals surface area contributed by atoms with Gasteiger partial charge < -0.3 is 19.9 Å². The average molecular weight is 545 g/mol. The first-order valence-corrected chi connectivity index (χ1v) is 11.3. The SMILES string of the molecule is CCNC(=NCCc1ccccc1OCC)N1CCN(c2nc(CC)ns2)CC1.I. The van der Waals surface area contributed by atoms with Crippen LogP contribution in [0.4, 0.5) is 5.13 Å². The molecule has 1 aliphatic heterocycles.